The number of aryl methyl sites for hydroxylation is 1. The Balaban J connectivity index is 1.83. The second-order valence-corrected chi connectivity index (χ2v) is 7.78. The highest BCUT2D eigenvalue weighted by molar-refractivity contribution is 7.89. The van der Waals surface area contributed by atoms with Gasteiger partial charge in [-0.15, -0.1) is 11.3 Å². The molecule has 1 aromatic rings. The molecule has 2 rings (SSSR count). The molecule has 0 radical (unpaired) electrons. The quantitative estimate of drug-likeness (QED) is 0.849. The molecule has 0 aliphatic carbocycles. The van der Waals surface area contributed by atoms with E-state index in [9.17, 15) is 8.42 Å². The molecule has 2 heterocycles. The van der Waals surface area contributed by atoms with Gasteiger partial charge in [-0.3, -0.25) is 0 Å². The molecule has 2 N–H and O–H groups in total. The number of hydrogen-bond acceptors (Lipinski definition) is 5. The summed E-state index contributed by atoms with van der Waals surface area (Å²) in [4.78, 5) is 5.24. The second-order valence-electron chi connectivity index (χ2n) is 4.61. The highest BCUT2D eigenvalue weighted by atomic mass is 32.2. The molecular weight excluding hydrogens is 270 g/mol. The van der Waals surface area contributed by atoms with E-state index in [0.717, 1.165) is 35.7 Å². The Morgan fingerprint density at radius 1 is 1.56 bits per heavy atom. The number of nitrogens with one attached hydrogen (secondary N) is 2. The smallest absolute Gasteiger partial charge is 0.213 e. The summed E-state index contributed by atoms with van der Waals surface area (Å²) in [6.45, 7) is 3.18. The predicted octanol–water partition coefficient (Wildman–Crippen LogP) is 1.01. The zero-order chi connectivity index (χ0) is 13.0. The maximum Gasteiger partial charge on any atom is 0.213 e. The average molecular weight is 289 g/mol. The van der Waals surface area contributed by atoms with Crippen molar-refractivity contribution in [2.75, 3.05) is 12.3 Å². The Bertz CT molecular complexity index is 478. The number of hydrogen-bond donors (Lipinski definition) is 2. The van der Waals surface area contributed by atoms with Crippen molar-refractivity contribution in [1.82, 2.24) is 15.0 Å². The Hall–Kier alpha value is -0.500. The standard InChI is InChI=1S/C11H19N3O2S2/c1-9-6-13-11(17-9)7-14-18(15,16)8-10-4-2-3-5-12-10/h6,10,12,14H,2-5,7-8H2,1H3. The summed E-state index contributed by atoms with van der Waals surface area (Å²) in [5.41, 5.74) is 0. The Morgan fingerprint density at radius 3 is 3.00 bits per heavy atom. The van der Waals surface area contributed by atoms with Gasteiger partial charge in [0.05, 0.1) is 12.3 Å². The summed E-state index contributed by atoms with van der Waals surface area (Å²) >= 11 is 1.52. The molecule has 18 heavy (non-hydrogen) atoms. The van der Waals surface area contributed by atoms with E-state index in [1.165, 1.54) is 11.3 Å². The fourth-order valence-electron chi connectivity index (χ4n) is 2.04. The van der Waals surface area contributed by atoms with Crippen molar-refractivity contribution in [2.45, 2.75) is 38.8 Å². The third kappa shape index (κ3) is 4.31. The molecule has 0 aromatic carbocycles. The molecule has 5 nitrogen and oxygen atoms in total. The molecule has 1 aliphatic heterocycles. The molecule has 1 unspecified atom stereocenters. The average Bonchev–Trinajstić information content (AvgIpc) is 2.74. The third-order valence-electron chi connectivity index (χ3n) is 2.95. The highest BCUT2D eigenvalue weighted by Gasteiger charge is 2.20. The van der Waals surface area contributed by atoms with E-state index in [2.05, 4.69) is 15.0 Å². The van der Waals surface area contributed by atoms with Gasteiger partial charge in [-0.2, -0.15) is 0 Å². The van der Waals surface area contributed by atoms with Crippen molar-refractivity contribution < 1.29 is 8.42 Å². The lowest BCUT2D eigenvalue weighted by Gasteiger charge is -2.23. The van der Waals surface area contributed by atoms with Crippen LogP contribution in [0.25, 0.3) is 0 Å². The van der Waals surface area contributed by atoms with E-state index in [4.69, 9.17) is 0 Å². The normalized spacial score (nSPS) is 21.1. The summed E-state index contributed by atoms with van der Waals surface area (Å²) in [5.74, 6) is 0.164. The van der Waals surface area contributed by atoms with Crippen LogP contribution in [0.15, 0.2) is 6.20 Å². The first-order valence-electron chi connectivity index (χ1n) is 6.17. The second kappa shape index (κ2) is 6.10. The zero-order valence-electron chi connectivity index (χ0n) is 10.5. The van der Waals surface area contributed by atoms with E-state index >= 15 is 0 Å². The third-order valence-corrected chi connectivity index (χ3v) is 5.28. The van der Waals surface area contributed by atoms with Crippen molar-refractivity contribution in [2.24, 2.45) is 0 Å². The van der Waals surface area contributed by atoms with Gasteiger partial charge in [0.2, 0.25) is 10.0 Å². The Kier molecular flexibility index (Phi) is 4.71. The molecule has 1 atom stereocenters. The summed E-state index contributed by atoms with van der Waals surface area (Å²) < 4.78 is 26.4. The zero-order valence-corrected chi connectivity index (χ0v) is 12.1. The van der Waals surface area contributed by atoms with Crippen LogP contribution in [-0.4, -0.2) is 31.7 Å². The van der Waals surface area contributed by atoms with Gasteiger partial charge in [0.25, 0.3) is 0 Å². The fraction of sp³-hybridized carbons (Fsp3) is 0.727. The molecule has 0 spiro atoms. The highest BCUT2D eigenvalue weighted by Crippen LogP contribution is 2.12. The lowest BCUT2D eigenvalue weighted by Crippen LogP contribution is -2.42. The largest absolute Gasteiger partial charge is 0.313 e. The van der Waals surface area contributed by atoms with Crippen LogP contribution >= 0.6 is 11.3 Å². The van der Waals surface area contributed by atoms with Crippen LogP contribution in [0.5, 0.6) is 0 Å². The summed E-state index contributed by atoms with van der Waals surface area (Å²) in [5, 5.41) is 4.06. The van der Waals surface area contributed by atoms with Crippen molar-refractivity contribution >= 4 is 21.4 Å². The van der Waals surface area contributed by atoms with Gasteiger partial charge in [0, 0.05) is 17.1 Å². The number of sulfonamides is 1. The van der Waals surface area contributed by atoms with Crippen LogP contribution in [0, 0.1) is 6.92 Å². The molecule has 0 amide bonds. The SMILES string of the molecule is Cc1cnc(CNS(=O)(=O)CC2CCCCN2)s1. The van der Waals surface area contributed by atoms with Crippen molar-refractivity contribution in [3.05, 3.63) is 16.1 Å². The van der Waals surface area contributed by atoms with Gasteiger partial charge in [-0.05, 0) is 26.3 Å². The molecule has 0 bridgehead atoms. The van der Waals surface area contributed by atoms with Crippen LogP contribution in [0.1, 0.15) is 29.1 Å². The van der Waals surface area contributed by atoms with E-state index in [-0.39, 0.29) is 11.8 Å². The fourth-order valence-corrected chi connectivity index (χ4v) is 4.15. The monoisotopic (exact) mass is 289 g/mol. The van der Waals surface area contributed by atoms with E-state index < -0.39 is 10.0 Å². The van der Waals surface area contributed by atoms with Crippen molar-refractivity contribution in [3.63, 3.8) is 0 Å². The van der Waals surface area contributed by atoms with Gasteiger partial charge in [0.15, 0.2) is 0 Å². The molecule has 0 saturated carbocycles. The minimum absolute atomic E-state index is 0.0919. The number of piperidine rings is 1. The molecular formula is C11H19N3O2S2. The van der Waals surface area contributed by atoms with Crippen molar-refractivity contribution in [1.29, 1.82) is 0 Å². The summed E-state index contributed by atoms with van der Waals surface area (Å²) in [7, 11) is -3.22. The van der Waals surface area contributed by atoms with Gasteiger partial charge in [-0.1, -0.05) is 6.42 Å². The lowest BCUT2D eigenvalue weighted by atomic mass is 10.1. The van der Waals surface area contributed by atoms with E-state index in [0.29, 0.717) is 6.54 Å². The van der Waals surface area contributed by atoms with Gasteiger partial charge in [0.1, 0.15) is 5.01 Å². The Morgan fingerprint density at radius 2 is 2.39 bits per heavy atom. The van der Waals surface area contributed by atoms with Crippen LogP contribution in [-0.2, 0) is 16.6 Å². The predicted molar refractivity (Wildman–Crippen MR) is 73.1 cm³/mol. The van der Waals surface area contributed by atoms with Gasteiger partial charge in [-0.25, -0.2) is 18.1 Å². The number of rotatable bonds is 5. The first-order valence-corrected chi connectivity index (χ1v) is 8.64. The Labute approximate surface area is 112 Å². The van der Waals surface area contributed by atoms with Crippen LogP contribution in [0.3, 0.4) is 0 Å². The molecule has 1 aliphatic rings. The van der Waals surface area contributed by atoms with E-state index in [1.807, 2.05) is 6.92 Å². The minimum Gasteiger partial charge on any atom is -0.313 e. The summed E-state index contributed by atoms with van der Waals surface area (Å²) in [6.07, 6.45) is 4.95. The molecule has 7 heteroatoms. The molecule has 1 aromatic heterocycles. The molecule has 1 saturated heterocycles. The number of thiazole rings is 1. The number of aromatic nitrogens is 1. The maximum atomic E-state index is 11.9. The van der Waals surface area contributed by atoms with Gasteiger partial charge >= 0.3 is 0 Å². The first-order chi connectivity index (χ1) is 8.55. The maximum absolute atomic E-state index is 11.9. The van der Waals surface area contributed by atoms with Crippen LogP contribution < -0.4 is 10.0 Å². The van der Waals surface area contributed by atoms with E-state index in [1.54, 1.807) is 6.20 Å². The molecule has 1 fully saturated rings. The lowest BCUT2D eigenvalue weighted by molar-refractivity contribution is 0.422. The summed E-state index contributed by atoms with van der Waals surface area (Å²) in [6, 6.07) is 0.0919. The van der Waals surface area contributed by atoms with Gasteiger partial charge < -0.3 is 5.32 Å². The minimum atomic E-state index is -3.22. The topological polar surface area (TPSA) is 71.1 Å². The van der Waals surface area contributed by atoms with Crippen LogP contribution in [0.4, 0.5) is 0 Å². The van der Waals surface area contributed by atoms with Crippen LogP contribution in [0.2, 0.25) is 0 Å². The first kappa shape index (κ1) is 13.9. The van der Waals surface area contributed by atoms with Crippen molar-refractivity contribution in [3.8, 4) is 0 Å². The molecule has 102 valence electrons. The number of nitrogens with zero attached hydrogens (tertiary/aromatic N) is 1.